The first-order valence-electron chi connectivity index (χ1n) is 9.73. The van der Waals surface area contributed by atoms with Crippen molar-refractivity contribution in [1.29, 1.82) is 0 Å². The molecule has 1 saturated heterocycles. The summed E-state index contributed by atoms with van der Waals surface area (Å²) in [6.07, 6.45) is 2.29. The second kappa shape index (κ2) is 9.11. The number of thiophene rings is 1. The van der Waals surface area contributed by atoms with E-state index in [1.165, 1.54) is 11.8 Å². The molecule has 8 heteroatoms. The van der Waals surface area contributed by atoms with Gasteiger partial charge in [-0.3, -0.25) is 9.36 Å². The molecule has 2 atom stereocenters. The Morgan fingerprint density at radius 3 is 2.93 bits per heavy atom. The number of thioether (sulfide) groups is 1. The molecule has 3 aromatic rings. The van der Waals surface area contributed by atoms with Crippen LogP contribution in [-0.2, 0) is 16.1 Å². The van der Waals surface area contributed by atoms with E-state index in [-0.39, 0.29) is 17.3 Å². The molecular weight excluding hydrogens is 404 g/mol. The standard InChI is InChI=1S/C21H24N4O2S2/c1-14-7-3-4-9-17(14)22-20(26)15(2)29-21-24-23-19(18-10-6-12-28-18)25(21)13-16-8-5-11-27-16/h3-4,6-7,9-10,12,15-16H,5,8,11,13H2,1-2H3,(H,22,26). The molecule has 0 saturated carbocycles. The maximum Gasteiger partial charge on any atom is 0.237 e. The van der Waals surface area contributed by atoms with Crippen LogP contribution in [0.1, 0.15) is 25.3 Å². The topological polar surface area (TPSA) is 69.0 Å². The summed E-state index contributed by atoms with van der Waals surface area (Å²) in [5, 5.41) is 14.3. The van der Waals surface area contributed by atoms with Gasteiger partial charge < -0.3 is 10.1 Å². The van der Waals surface area contributed by atoms with Gasteiger partial charge in [0, 0.05) is 12.3 Å². The third-order valence-corrected chi connectivity index (χ3v) is 6.87. The van der Waals surface area contributed by atoms with Crippen LogP contribution >= 0.6 is 23.1 Å². The van der Waals surface area contributed by atoms with Gasteiger partial charge in [0.25, 0.3) is 0 Å². The minimum absolute atomic E-state index is 0.0476. The minimum atomic E-state index is -0.307. The molecular formula is C21H24N4O2S2. The van der Waals surface area contributed by atoms with Gasteiger partial charge in [0.2, 0.25) is 5.91 Å². The summed E-state index contributed by atoms with van der Waals surface area (Å²) in [5.41, 5.74) is 1.88. The number of nitrogens with one attached hydrogen (secondary N) is 1. The zero-order valence-electron chi connectivity index (χ0n) is 16.5. The lowest BCUT2D eigenvalue weighted by Crippen LogP contribution is -2.24. The third kappa shape index (κ3) is 4.71. The molecule has 0 bridgehead atoms. The van der Waals surface area contributed by atoms with Crippen molar-refractivity contribution >= 4 is 34.7 Å². The molecule has 6 nitrogen and oxygen atoms in total. The lowest BCUT2D eigenvalue weighted by atomic mass is 10.2. The Balaban J connectivity index is 1.52. The molecule has 1 fully saturated rings. The Kier molecular flexibility index (Phi) is 6.32. The maximum absolute atomic E-state index is 12.7. The summed E-state index contributed by atoms with van der Waals surface area (Å²) in [6, 6.07) is 11.8. The van der Waals surface area contributed by atoms with E-state index < -0.39 is 0 Å². The number of carbonyl (C=O) groups is 1. The van der Waals surface area contributed by atoms with Crippen LogP contribution in [0.5, 0.6) is 0 Å². The highest BCUT2D eigenvalue weighted by Crippen LogP contribution is 2.31. The molecule has 1 aliphatic heterocycles. The van der Waals surface area contributed by atoms with Crippen molar-refractivity contribution < 1.29 is 9.53 Å². The SMILES string of the molecule is Cc1ccccc1NC(=O)C(C)Sc1nnc(-c2cccs2)n1CC1CCCO1. The summed E-state index contributed by atoms with van der Waals surface area (Å²) in [6.45, 7) is 5.39. The van der Waals surface area contributed by atoms with Crippen molar-refractivity contribution in [3.63, 3.8) is 0 Å². The number of anilines is 1. The number of hydrogen-bond acceptors (Lipinski definition) is 6. The Morgan fingerprint density at radius 2 is 2.21 bits per heavy atom. The van der Waals surface area contributed by atoms with Gasteiger partial charge in [0.1, 0.15) is 0 Å². The van der Waals surface area contributed by atoms with Crippen molar-refractivity contribution in [2.24, 2.45) is 0 Å². The van der Waals surface area contributed by atoms with Crippen LogP contribution in [0, 0.1) is 6.92 Å². The number of benzene rings is 1. The first kappa shape index (κ1) is 20.1. The Morgan fingerprint density at radius 1 is 1.34 bits per heavy atom. The van der Waals surface area contributed by atoms with Crippen molar-refractivity contribution in [1.82, 2.24) is 14.8 Å². The van der Waals surface area contributed by atoms with Crippen molar-refractivity contribution in [2.45, 2.75) is 49.7 Å². The molecule has 1 amide bonds. The molecule has 3 heterocycles. The van der Waals surface area contributed by atoms with E-state index >= 15 is 0 Å². The molecule has 0 radical (unpaired) electrons. The lowest BCUT2D eigenvalue weighted by molar-refractivity contribution is -0.115. The first-order valence-corrected chi connectivity index (χ1v) is 11.5. The molecule has 2 aromatic heterocycles. The second-order valence-corrected chi connectivity index (χ2v) is 9.35. The molecule has 0 aliphatic carbocycles. The molecule has 2 unspecified atom stereocenters. The normalized spacial score (nSPS) is 17.4. The average molecular weight is 429 g/mol. The fourth-order valence-electron chi connectivity index (χ4n) is 3.28. The summed E-state index contributed by atoms with van der Waals surface area (Å²) >= 11 is 3.07. The number of carbonyl (C=O) groups excluding carboxylic acids is 1. The fourth-order valence-corrected chi connectivity index (χ4v) is 4.86. The average Bonchev–Trinajstić information content (AvgIpc) is 3.47. The predicted molar refractivity (Wildman–Crippen MR) is 117 cm³/mol. The molecule has 1 aliphatic rings. The van der Waals surface area contributed by atoms with Crippen LogP contribution in [0.3, 0.4) is 0 Å². The number of rotatable bonds is 7. The van der Waals surface area contributed by atoms with E-state index in [0.29, 0.717) is 6.54 Å². The number of para-hydroxylation sites is 1. The van der Waals surface area contributed by atoms with E-state index in [0.717, 1.165) is 46.6 Å². The van der Waals surface area contributed by atoms with Crippen LogP contribution in [0.15, 0.2) is 46.9 Å². The van der Waals surface area contributed by atoms with Gasteiger partial charge in [0.05, 0.1) is 22.8 Å². The first-order chi connectivity index (χ1) is 14.1. The smallest absolute Gasteiger partial charge is 0.237 e. The van der Waals surface area contributed by atoms with E-state index in [9.17, 15) is 4.79 Å². The van der Waals surface area contributed by atoms with E-state index in [1.54, 1.807) is 11.3 Å². The Bertz CT molecular complexity index is 965. The summed E-state index contributed by atoms with van der Waals surface area (Å²) in [4.78, 5) is 13.8. The van der Waals surface area contributed by atoms with Gasteiger partial charge in [0.15, 0.2) is 11.0 Å². The van der Waals surface area contributed by atoms with E-state index in [1.807, 2.05) is 55.6 Å². The van der Waals surface area contributed by atoms with Gasteiger partial charge in [-0.2, -0.15) is 0 Å². The van der Waals surface area contributed by atoms with E-state index in [2.05, 4.69) is 20.1 Å². The summed E-state index contributed by atoms with van der Waals surface area (Å²) in [5.74, 6) is 0.790. The number of hydrogen-bond donors (Lipinski definition) is 1. The van der Waals surface area contributed by atoms with Gasteiger partial charge in [-0.15, -0.1) is 21.5 Å². The zero-order chi connectivity index (χ0) is 20.2. The molecule has 0 spiro atoms. The van der Waals surface area contributed by atoms with Crippen LogP contribution < -0.4 is 5.32 Å². The van der Waals surface area contributed by atoms with Gasteiger partial charge in [-0.05, 0) is 49.8 Å². The van der Waals surface area contributed by atoms with Crippen LogP contribution in [-0.4, -0.2) is 38.6 Å². The van der Waals surface area contributed by atoms with Crippen LogP contribution in [0.25, 0.3) is 10.7 Å². The molecule has 1 N–H and O–H groups in total. The number of aromatic nitrogens is 3. The van der Waals surface area contributed by atoms with Gasteiger partial charge in [-0.1, -0.05) is 36.0 Å². The number of aryl methyl sites for hydroxylation is 1. The molecule has 1 aromatic carbocycles. The second-order valence-electron chi connectivity index (χ2n) is 7.09. The van der Waals surface area contributed by atoms with E-state index in [4.69, 9.17) is 4.74 Å². The number of amides is 1. The van der Waals surface area contributed by atoms with Crippen molar-refractivity contribution in [3.05, 3.63) is 47.3 Å². The highest BCUT2D eigenvalue weighted by molar-refractivity contribution is 8.00. The molecule has 152 valence electrons. The number of nitrogens with zero attached hydrogens (tertiary/aromatic N) is 3. The largest absolute Gasteiger partial charge is 0.376 e. The maximum atomic E-state index is 12.7. The predicted octanol–water partition coefficient (Wildman–Crippen LogP) is 4.61. The Labute approximate surface area is 178 Å². The van der Waals surface area contributed by atoms with Crippen LogP contribution in [0.4, 0.5) is 5.69 Å². The summed E-state index contributed by atoms with van der Waals surface area (Å²) < 4.78 is 7.94. The Hall–Kier alpha value is -2.16. The van der Waals surface area contributed by atoms with Crippen molar-refractivity contribution in [2.75, 3.05) is 11.9 Å². The molecule has 29 heavy (non-hydrogen) atoms. The van der Waals surface area contributed by atoms with Gasteiger partial charge >= 0.3 is 0 Å². The number of ether oxygens (including phenoxy) is 1. The van der Waals surface area contributed by atoms with Crippen molar-refractivity contribution in [3.8, 4) is 10.7 Å². The third-order valence-electron chi connectivity index (χ3n) is 4.92. The highest BCUT2D eigenvalue weighted by Gasteiger charge is 2.25. The highest BCUT2D eigenvalue weighted by atomic mass is 32.2. The van der Waals surface area contributed by atoms with Gasteiger partial charge in [-0.25, -0.2) is 0 Å². The minimum Gasteiger partial charge on any atom is -0.376 e. The fraction of sp³-hybridized carbons (Fsp3) is 0.381. The zero-order valence-corrected chi connectivity index (χ0v) is 18.1. The lowest BCUT2D eigenvalue weighted by Gasteiger charge is -2.16. The monoisotopic (exact) mass is 428 g/mol. The molecule has 4 rings (SSSR count). The summed E-state index contributed by atoms with van der Waals surface area (Å²) in [7, 11) is 0. The van der Waals surface area contributed by atoms with Crippen LogP contribution in [0.2, 0.25) is 0 Å². The quantitative estimate of drug-likeness (QED) is 0.557.